The molecular weight excluding hydrogens is 485 g/mol. The summed E-state index contributed by atoms with van der Waals surface area (Å²) < 4.78 is 52.5. The van der Waals surface area contributed by atoms with Gasteiger partial charge in [0.15, 0.2) is 5.82 Å². The molecule has 37 heavy (non-hydrogen) atoms. The topological polar surface area (TPSA) is 79.9 Å². The van der Waals surface area contributed by atoms with Crippen LogP contribution < -0.4 is 9.47 Å². The summed E-state index contributed by atoms with van der Waals surface area (Å²) in [6, 6.07) is 9.95. The van der Waals surface area contributed by atoms with Gasteiger partial charge in [0, 0.05) is 24.2 Å². The largest absolute Gasteiger partial charge is 0.573 e. The van der Waals surface area contributed by atoms with E-state index in [1.165, 1.54) is 12.1 Å². The van der Waals surface area contributed by atoms with E-state index in [-0.39, 0.29) is 11.7 Å². The molecule has 1 aliphatic heterocycles. The van der Waals surface area contributed by atoms with Crippen LogP contribution in [0.4, 0.5) is 13.2 Å². The lowest BCUT2D eigenvalue weighted by molar-refractivity contribution is -0.275. The van der Waals surface area contributed by atoms with Crippen molar-refractivity contribution in [3.63, 3.8) is 0 Å². The van der Waals surface area contributed by atoms with Gasteiger partial charge in [0.25, 0.3) is 0 Å². The Hall–Kier alpha value is -4.15. The predicted molar refractivity (Wildman–Crippen MR) is 130 cm³/mol. The van der Waals surface area contributed by atoms with E-state index in [2.05, 4.69) is 24.8 Å². The lowest BCUT2D eigenvalue weighted by Gasteiger charge is -2.24. The smallest absolute Gasteiger partial charge is 0.476 e. The van der Waals surface area contributed by atoms with Gasteiger partial charge in [-0.1, -0.05) is 18.2 Å². The van der Waals surface area contributed by atoms with E-state index in [4.69, 9.17) is 4.74 Å². The molecule has 0 radical (unpaired) electrons. The molecule has 4 aromatic rings. The fourth-order valence-electron chi connectivity index (χ4n) is 4.41. The van der Waals surface area contributed by atoms with Gasteiger partial charge in [-0.3, -0.25) is 0 Å². The predicted octanol–water partition coefficient (Wildman–Crippen LogP) is 5.56. The molecule has 4 heterocycles. The van der Waals surface area contributed by atoms with Gasteiger partial charge in [-0.2, -0.15) is 5.10 Å². The summed E-state index contributed by atoms with van der Waals surface area (Å²) in [5, 5.41) is 4.56. The van der Waals surface area contributed by atoms with Crippen molar-refractivity contribution >= 4 is 12.2 Å². The van der Waals surface area contributed by atoms with E-state index in [1.54, 1.807) is 35.3 Å². The molecule has 0 saturated heterocycles. The number of rotatable bonds is 7. The summed E-state index contributed by atoms with van der Waals surface area (Å²) in [4.78, 5) is 13.5. The van der Waals surface area contributed by atoms with Gasteiger partial charge in [-0.25, -0.2) is 19.6 Å². The Morgan fingerprint density at radius 1 is 1.11 bits per heavy atom. The molecule has 0 bridgehead atoms. The van der Waals surface area contributed by atoms with Gasteiger partial charge < -0.3 is 14.0 Å². The molecule has 192 valence electrons. The molecule has 1 unspecified atom stereocenters. The average molecular weight is 511 g/mol. The van der Waals surface area contributed by atoms with Crippen LogP contribution in [0, 0.1) is 6.92 Å². The Morgan fingerprint density at radius 3 is 2.70 bits per heavy atom. The molecule has 0 spiro atoms. The highest BCUT2D eigenvalue weighted by Crippen LogP contribution is 2.39. The Bertz CT molecular complexity index is 1430. The number of hydrogen-bond donors (Lipinski definition) is 0. The van der Waals surface area contributed by atoms with Gasteiger partial charge in [-0.05, 0) is 57.0 Å². The fourth-order valence-corrected chi connectivity index (χ4v) is 4.41. The third-order valence-corrected chi connectivity index (χ3v) is 5.95. The summed E-state index contributed by atoms with van der Waals surface area (Å²) in [7, 11) is 0. The van der Waals surface area contributed by atoms with Crippen molar-refractivity contribution in [2.75, 3.05) is 6.61 Å². The number of ether oxygens (including phenoxy) is 2. The molecule has 11 heteroatoms. The second-order valence-electron chi connectivity index (χ2n) is 8.58. The van der Waals surface area contributed by atoms with Crippen LogP contribution in [0.1, 0.15) is 54.3 Å². The molecule has 1 aromatic carbocycles. The normalized spacial score (nSPS) is 15.6. The molecule has 0 N–H and O–H groups in total. The van der Waals surface area contributed by atoms with E-state index < -0.39 is 6.36 Å². The SMILES string of the molecule is CCOc1nc(C=Cc2nc3n(n2)CCCC3c2ccccc2OC(F)(F)F)ccc1-n1cnc(C)c1. The number of benzene rings is 1. The van der Waals surface area contributed by atoms with Crippen molar-refractivity contribution in [3.8, 4) is 17.3 Å². The van der Waals surface area contributed by atoms with Crippen LogP contribution >= 0.6 is 0 Å². The minimum atomic E-state index is -4.77. The van der Waals surface area contributed by atoms with Crippen LogP contribution in [-0.4, -0.2) is 42.3 Å². The molecule has 0 amide bonds. The zero-order valence-electron chi connectivity index (χ0n) is 20.3. The zero-order valence-corrected chi connectivity index (χ0v) is 20.3. The fraction of sp³-hybridized carbons (Fsp3) is 0.308. The number of imidazole rings is 1. The maximum atomic E-state index is 13.0. The van der Waals surface area contributed by atoms with Crippen molar-refractivity contribution in [1.29, 1.82) is 0 Å². The highest BCUT2D eigenvalue weighted by Gasteiger charge is 2.34. The number of para-hydroxylation sites is 1. The van der Waals surface area contributed by atoms with Crippen LogP contribution in [-0.2, 0) is 6.54 Å². The first-order valence-corrected chi connectivity index (χ1v) is 11.9. The first-order chi connectivity index (χ1) is 17.8. The highest BCUT2D eigenvalue weighted by molar-refractivity contribution is 5.65. The van der Waals surface area contributed by atoms with Crippen LogP contribution in [0.2, 0.25) is 0 Å². The van der Waals surface area contributed by atoms with Crippen molar-refractivity contribution in [2.45, 2.75) is 45.5 Å². The first-order valence-electron chi connectivity index (χ1n) is 11.9. The molecule has 0 saturated carbocycles. The minimum absolute atomic E-state index is 0.214. The molecular formula is C26H25F3N6O2. The Kier molecular flexibility index (Phi) is 6.68. The maximum absolute atomic E-state index is 13.0. The van der Waals surface area contributed by atoms with Crippen molar-refractivity contribution in [1.82, 2.24) is 29.3 Å². The van der Waals surface area contributed by atoms with Crippen LogP contribution in [0.5, 0.6) is 11.6 Å². The average Bonchev–Trinajstić information content (AvgIpc) is 3.48. The van der Waals surface area contributed by atoms with Crippen molar-refractivity contribution in [3.05, 3.63) is 77.5 Å². The van der Waals surface area contributed by atoms with Gasteiger partial charge in [0.05, 0.1) is 24.3 Å². The van der Waals surface area contributed by atoms with E-state index >= 15 is 0 Å². The van der Waals surface area contributed by atoms with Crippen molar-refractivity contribution < 1.29 is 22.6 Å². The molecule has 0 fully saturated rings. The summed E-state index contributed by atoms with van der Waals surface area (Å²) >= 11 is 0. The molecule has 8 nitrogen and oxygen atoms in total. The van der Waals surface area contributed by atoms with Crippen LogP contribution in [0.25, 0.3) is 17.8 Å². The molecule has 1 aliphatic rings. The van der Waals surface area contributed by atoms with Crippen molar-refractivity contribution in [2.24, 2.45) is 0 Å². The summed E-state index contributed by atoms with van der Waals surface area (Å²) in [5.74, 6) is 0.959. The first kappa shape index (κ1) is 24.5. The van der Waals surface area contributed by atoms with Gasteiger partial charge in [0.1, 0.15) is 17.3 Å². The maximum Gasteiger partial charge on any atom is 0.573 e. The van der Waals surface area contributed by atoms with Gasteiger partial charge in [0.2, 0.25) is 5.88 Å². The Morgan fingerprint density at radius 2 is 1.95 bits per heavy atom. The Labute approximate surface area is 211 Å². The van der Waals surface area contributed by atoms with Crippen LogP contribution in [0.15, 0.2) is 48.9 Å². The number of halogens is 3. The van der Waals surface area contributed by atoms with E-state index in [9.17, 15) is 13.2 Å². The van der Waals surface area contributed by atoms with Gasteiger partial charge >= 0.3 is 6.36 Å². The summed E-state index contributed by atoms with van der Waals surface area (Å²) in [6.07, 6.45) is 3.75. The number of aromatic nitrogens is 6. The number of hydrogen-bond acceptors (Lipinski definition) is 6. The van der Waals surface area contributed by atoms with E-state index in [0.717, 1.165) is 17.8 Å². The second-order valence-corrected chi connectivity index (χ2v) is 8.58. The standard InChI is InChI=1S/C26H25F3N6O2/c1-3-36-25-21(34-15-17(2)30-16-34)12-10-18(31-25)11-13-23-32-24-20(8-6-14-35(24)33-23)19-7-4-5-9-22(19)37-26(27,28)29/h4-5,7,9-13,15-16,20H,3,6,8,14H2,1-2H3. The summed E-state index contributed by atoms with van der Waals surface area (Å²) in [5.41, 5.74) is 2.75. The molecule has 5 rings (SSSR count). The third kappa shape index (κ3) is 5.50. The zero-order chi connectivity index (χ0) is 26.0. The molecule has 3 aromatic heterocycles. The molecule has 0 aliphatic carbocycles. The summed E-state index contributed by atoms with van der Waals surface area (Å²) in [6.45, 7) is 4.89. The quantitative estimate of drug-likeness (QED) is 0.324. The number of pyridine rings is 1. The highest BCUT2D eigenvalue weighted by atomic mass is 19.4. The monoisotopic (exact) mass is 510 g/mol. The number of alkyl halides is 3. The van der Waals surface area contributed by atoms with Crippen LogP contribution in [0.3, 0.4) is 0 Å². The third-order valence-electron chi connectivity index (χ3n) is 5.95. The minimum Gasteiger partial charge on any atom is -0.476 e. The van der Waals surface area contributed by atoms with E-state index in [1.807, 2.05) is 36.7 Å². The Balaban J connectivity index is 1.42. The lowest BCUT2D eigenvalue weighted by atomic mass is 9.90. The van der Waals surface area contributed by atoms with Gasteiger partial charge in [-0.15, -0.1) is 13.2 Å². The number of nitrogens with zero attached hydrogens (tertiary/aromatic N) is 6. The number of aryl methyl sites for hydroxylation is 2. The molecule has 1 atom stereocenters. The van der Waals surface area contributed by atoms with E-state index in [0.29, 0.717) is 48.4 Å². The number of fused-ring (bicyclic) bond motifs is 1. The second kappa shape index (κ2) is 10.1. The lowest BCUT2D eigenvalue weighted by Crippen LogP contribution is -2.21.